The Morgan fingerprint density at radius 3 is 2.29 bits per heavy atom. The van der Waals surface area contributed by atoms with Crippen LogP contribution in [0.4, 0.5) is 29.1 Å². The van der Waals surface area contributed by atoms with E-state index < -0.39 is 30.0 Å². The molecule has 0 unspecified atom stereocenters. The van der Waals surface area contributed by atoms with Crippen LogP contribution in [-0.4, -0.2) is 52.9 Å². The Hall–Kier alpha value is -3.56. The van der Waals surface area contributed by atoms with E-state index in [1.54, 1.807) is 4.90 Å². The molecule has 34 heavy (non-hydrogen) atoms. The van der Waals surface area contributed by atoms with Crippen LogP contribution in [-0.2, 0) is 0 Å². The van der Waals surface area contributed by atoms with Crippen molar-refractivity contribution in [3.63, 3.8) is 0 Å². The highest BCUT2D eigenvalue weighted by Gasteiger charge is 2.47. The number of halogens is 4. The van der Waals surface area contributed by atoms with Gasteiger partial charge in [-0.1, -0.05) is 30.3 Å². The molecule has 1 aromatic heterocycles. The number of nitrogens with zero attached hydrogens (tertiary/aromatic N) is 4. The Kier molecular flexibility index (Phi) is 5.66. The van der Waals surface area contributed by atoms with Gasteiger partial charge in [0, 0.05) is 44.4 Å². The van der Waals surface area contributed by atoms with Crippen LogP contribution in [0.3, 0.4) is 0 Å². The quantitative estimate of drug-likeness (QED) is 0.563. The standard InChI is InChI=1S/C24H23F4N5O/c25-17-8-6-16(7-9-17)19-14-21(24(26,27)28)33-22(29-19)15-20(30-33)23(34)32-12-10-31(11-13-32)18-4-2-1-3-5-18/h1-9,15,19,21,29H,10-14H2/t19-,21-/m0/s1. The van der Waals surface area contributed by atoms with Crippen molar-refractivity contribution in [2.24, 2.45) is 0 Å². The van der Waals surface area contributed by atoms with E-state index in [2.05, 4.69) is 15.3 Å². The third-order valence-electron chi connectivity index (χ3n) is 6.37. The first-order valence-corrected chi connectivity index (χ1v) is 11.1. The molecule has 1 saturated heterocycles. The van der Waals surface area contributed by atoms with Crippen molar-refractivity contribution in [1.82, 2.24) is 14.7 Å². The maximum Gasteiger partial charge on any atom is 0.410 e. The van der Waals surface area contributed by atoms with Crippen LogP contribution in [0.5, 0.6) is 0 Å². The van der Waals surface area contributed by atoms with Crippen molar-refractivity contribution < 1.29 is 22.4 Å². The molecular formula is C24H23F4N5O. The number of aromatic nitrogens is 2. The molecule has 2 atom stereocenters. The van der Waals surface area contributed by atoms with Crippen LogP contribution in [0.15, 0.2) is 60.7 Å². The maximum absolute atomic E-state index is 13.9. The summed E-state index contributed by atoms with van der Waals surface area (Å²) < 4.78 is 55.8. The largest absolute Gasteiger partial charge is 0.410 e. The van der Waals surface area contributed by atoms with E-state index in [1.165, 1.54) is 30.3 Å². The number of amides is 1. The summed E-state index contributed by atoms with van der Waals surface area (Å²) in [5, 5.41) is 7.10. The van der Waals surface area contributed by atoms with E-state index in [9.17, 15) is 22.4 Å². The Morgan fingerprint density at radius 1 is 0.971 bits per heavy atom. The summed E-state index contributed by atoms with van der Waals surface area (Å²) in [6.45, 7) is 2.15. The van der Waals surface area contributed by atoms with Crippen LogP contribution >= 0.6 is 0 Å². The van der Waals surface area contributed by atoms with Gasteiger partial charge in [-0.15, -0.1) is 0 Å². The lowest BCUT2D eigenvalue weighted by atomic mass is 9.97. The number of fused-ring (bicyclic) bond motifs is 1. The first-order chi connectivity index (χ1) is 16.3. The summed E-state index contributed by atoms with van der Waals surface area (Å²) in [5.41, 5.74) is 1.58. The van der Waals surface area contributed by atoms with Gasteiger partial charge in [0.05, 0.1) is 6.04 Å². The van der Waals surface area contributed by atoms with E-state index in [-0.39, 0.29) is 17.9 Å². The lowest BCUT2D eigenvalue weighted by Crippen LogP contribution is -2.49. The number of carbonyl (C=O) groups excluding carboxylic acids is 1. The van der Waals surface area contributed by atoms with Gasteiger partial charge in [-0.05, 0) is 29.8 Å². The predicted octanol–water partition coefficient (Wildman–Crippen LogP) is 4.64. The molecule has 0 bridgehead atoms. The summed E-state index contributed by atoms with van der Waals surface area (Å²) in [4.78, 5) is 16.9. The Balaban J connectivity index is 1.35. The third-order valence-corrected chi connectivity index (χ3v) is 6.37. The summed E-state index contributed by atoms with van der Waals surface area (Å²) in [6.07, 6.45) is -4.87. The number of rotatable bonds is 3. The molecular weight excluding hydrogens is 450 g/mol. The fourth-order valence-electron chi connectivity index (χ4n) is 4.56. The Bertz CT molecular complexity index is 1150. The number of carbonyl (C=O) groups is 1. The predicted molar refractivity (Wildman–Crippen MR) is 119 cm³/mol. The molecule has 3 heterocycles. The van der Waals surface area contributed by atoms with Crippen LogP contribution in [0.2, 0.25) is 0 Å². The number of para-hydroxylation sites is 1. The normalized spacial score (nSPS) is 20.6. The summed E-state index contributed by atoms with van der Waals surface area (Å²) in [7, 11) is 0. The number of hydrogen-bond acceptors (Lipinski definition) is 4. The van der Waals surface area contributed by atoms with Crippen molar-refractivity contribution in [3.05, 3.63) is 77.7 Å². The maximum atomic E-state index is 13.9. The van der Waals surface area contributed by atoms with Gasteiger partial charge in [-0.2, -0.15) is 18.3 Å². The van der Waals surface area contributed by atoms with Gasteiger partial charge in [0.15, 0.2) is 11.7 Å². The molecule has 0 aliphatic carbocycles. The third kappa shape index (κ3) is 4.32. The van der Waals surface area contributed by atoms with Gasteiger partial charge < -0.3 is 15.1 Å². The minimum atomic E-state index is -4.55. The average molecular weight is 473 g/mol. The van der Waals surface area contributed by atoms with Crippen molar-refractivity contribution in [3.8, 4) is 0 Å². The molecule has 10 heteroatoms. The molecule has 5 rings (SSSR count). The fraction of sp³-hybridized carbons (Fsp3) is 0.333. The van der Waals surface area contributed by atoms with Gasteiger partial charge in [-0.25, -0.2) is 9.07 Å². The number of anilines is 2. The molecule has 1 fully saturated rings. The van der Waals surface area contributed by atoms with E-state index in [4.69, 9.17) is 0 Å². The smallest absolute Gasteiger partial charge is 0.368 e. The Labute approximate surface area is 193 Å². The molecule has 2 aliphatic heterocycles. The first kappa shape index (κ1) is 22.2. The molecule has 178 valence electrons. The van der Waals surface area contributed by atoms with Gasteiger partial charge in [-0.3, -0.25) is 4.79 Å². The van der Waals surface area contributed by atoms with Crippen molar-refractivity contribution in [1.29, 1.82) is 0 Å². The number of alkyl halides is 3. The second kappa shape index (κ2) is 8.66. The van der Waals surface area contributed by atoms with Gasteiger partial charge in [0.25, 0.3) is 5.91 Å². The zero-order valence-electron chi connectivity index (χ0n) is 18.2. The van der Waals surface area contributed by atoms with Crippen molar-refractivity contribution in [2.75, 3.05) is 36.4 Å². The molecule has 6 nitrogen and oxygen atoms in total. The molecule has 0 saturated carbocycles. The number of benzene rings is 2. The Morgan fingerprint density at radius 2 is 1.65 bits per heavy atom. The van der Waals surface area contributed by atoms with Crippen LogP contribution in [0, 0.1) is 5.82 Å². The molecule has 3 aromatic rings. The second-order valence-electron chi connectivity index (χ2n) is 8.52. The highest BCUT2D eigenvalue weighted by Crippen LogP contribution is 2.43. The second-order valence-corrected chi connectivity index (χ2v) is 8.52. The fourth-order valence-corrected chi connectivity index (χ4v) is 4.56. The first-order valence-electron chi connectivity index (χ1n) is 11.1. The summed E-state index contributed by atoms with van der Waals surface area (Å²) in [5.74, 6) is -0.734. The molecule has 0 spiro atoms. The van der Waals surface area contributed by atoms with Gasteiger partial charge >= 0.3 is 6.18 Å². The topological polar surface area (TPSA) is 53.4 Å². The van der Waals surface area contributed by atoms with Crippen LogP contribution in [0.25, 0.3) is 0 Å². The monoisotopic (exact) mass is 473 g/mol. The summed E-state index contributed by atoms with van der Waals surface area (Å²) >= 11 is 0. The van der Waals surface area contributed by atoms with E-state index in [0.717, 1.165) is 10.4 Å². The molecule has 2 aromatic carbocycles. The molecule has 0 radical (unpaired) electrons. The zero-order valence-corrected chi connectivity index (χ0v) is 18.2. The van der Waals surface area contributed by atoms with Gasteiger partial charge in [0.1, 0.15) is 11.6 Å². The minimum absolute atomic E-state index is 0.0235. The highest BCUT2D eigenvalue weighted by atomic mass is 19.4. The number of piperazine rings is 1. The molecule has 1 amide bonds. The van der Waals surface area contributed by atoms with Crippen LogP contribution in [0.1, 0.15) is 34.6 Å². The molecule has 1 N–H and O–H groups in total. The number of nitrogens with one attached hydrogen (secondary N) is 1. The number of hydrogen-bond donors (Lipinski definition) is 1. The van der Waals surface area contributed by atoms with E-state index >= 15 is 0 Å². The zero-order chi connectivity index (χ0) is 23.9. The van der Waals surface area contributed by atoms with E-state index in [0.29, 0.717) is 31.7 Å². The summed E-state index contributed by atoms with van der Waals surface area (Å²) in [6, 6.07) is 14.0. The molecule has 2 aliphatic rings. The average Bonchev–Trinajstić information content (AvgIpc) is 3.27. The van der Waals surface area contributed by atoms with Crippen molar-refractivity contribution in [2.45, 2.75) is 24.7 Å². The lowest BCUT2D eigenvalue weighted by Gasteiger charge is -2.35. The van der Waals surface area contributed by atoms with Crippen LogP contribution < -0.4 is 10.2 Å². The van der Waals surface area contributed by atoms with E-state index in [1.807, 2.05) is 30.3 Å². The minimum Gasteiger partial charge on any atom is -0.368 e. The highest BCUT2D eigenvalue weighted by molar-refractivity contribution is 5.93. The van der Waals surface area contributed by atoms with Crippen molar-refractivity contribution >= 4 is 17.4 Å². The SMILES string of the molecule is O=C(c1cc2n(n1)[C@H](C(F)(F)F)C[C@@H](c1ccc(F)cc1)N2)N1CCN(c2ccccc2)CC1. The van der Waals surface area contributed by atoms with Gasteiger partial charge in [0.2, 0.25) is 0 Å². The lowest BCUT2D eigenvalue weighted by molar-refractivity contribution is -0.173.